The van der Waals surface area contributed by atoms with Crippen LogP contribution in [0.3, 0.4) is 0 Å². The van der Waals surface area contributed by atoms with Gasteiger partial charge in [-0.1, -0.05) is 30.3 Å². The fourth-order valence-electron chi connectivity index (χ4n) is 3.67. The largest absolute Gasteiger partial charge is 0.377 e. The molecule has 1 unspecified atom stereocenters. The van der Waals surface area contributed by atoms with Gasteiger partial charge in [0.25, 0.3) is 5.56 Å². The van der Waals surface area contributed by atoms with Gasteiger partial charge in [0.1, 0.15) is 0 Å². The maximum absolute atomic E-state index is 13.3. The first-order valence-corrected chi connectivity index (χ1v) is 11.2. The number of sulfonamides is 1. The quantitative estimate of drug-likeness (QED) is 0.674. The number of fused-ring (bicyclic) bond motifs is 1. The van der Waals surface area contributed by atoms with E-state index in [1.165, 1.54) is 4.31 Å². The third kappa shape index (κ3) is 4.27. The monoisotopic (exact) mass is 412 g/mol. The number of H-pyrrole nitrogens is 1. The standard InChI is InChI=1S/C22H24N2O4S/c1-16-9-10-17-13-18(22(25)23-21(17)12-16)14-24(15-19-6-5-11-28-19)29(26,27)20-7-3-2-4-8-20/h2-4,7-10,12-13,19H,5-6,11,14-15H2,1H3,(H,23,25). The van der Waals surface area contributed by atoms with Crippen molar-refractivity contribution in [3.8, 4) is 0 Å². The smallest absolute Gasteiger partial charge is 0.252 e. The maximum Gasteiger partial charge on any atom is 0.252 e. The molecule has 2 aromatic carbocycles. The molecule has 0 aliphatic carbocycles. The number of pyridine rings is 1. The van der Waals surface area contributed by atoms with Crippen molar-refractivity contribution in [3.63, 3.8) is 0 Å². The molecule has 1 fully saturated rings. The van der Waals surface area contributed by atoms with Gasteiger partial charge in [-0.15, -0.1) is 0 Å². The maximum atomic E-state index is 13.3. The minimum atomic E-state index is -3.76. The second kappa shape index (κ2) is 8.10. The van der Waals surface area contributed by atoms with Gasteiger partial charge in [-0.05, 0) is 55.0 Å². The zero-order chi connectivity index (χ0) is 20.4. The molecule has 0 saturated carbocycles. The summed E-state index contributed by atoms with van der Waals surface area (Å²) >= 11 is 0. The molecule has 0 spiro atoms. The van der Waals surface area contributed by atoms with Gasteiger partial charge in [-0.25, -0.2) is 8.42 Å². The van der Waals surface area contributed by atoms with Crippen LogP contribution in [0.4, 0.5) is 0 Å². The van der Waals surface area contributed by atoms with Crippen molar-refractivity contribution in [1.29, 1.82) is 0 Å². The molecule has 4 rings (SSSR count). The number of rotatable bonds is 6. The van der Waals surface area contributed by atoms with Crippen LogP contribution in [0.5, 0.6) is 0 Å². The lowest BCUT2D eigenvalue weighted by Gasteiger charge is -2.25. The Balaban J connectivity index is 1.72. The molecule has 2 heterocycles. The molecule has 29 heavy (non-hydrogen) atoms. The van der Waals surface area contributed by atoms with Crippen molar-refractivity contribution in [2.45, 2.75) is 37.3 Å². The van der Waals surface area contributed by atoms with Crippen LogP contribution in [-0.2, 0) is 21.3 Å². The van der Waals surface area contributed by atoms with E-state index < -0.39 is 10.0 Å². The highest BCUT2D eigenvalue weighted by Crippen LogP contribution is 2.22. The van der Waals surface area contributed by atoms with E-state index in [9.17, 15) is 13.2 Å². The van der Waals surface area contributed by atoms with Crippen molar-refractivity contribution in [1.82, 2.24) is 9.29 Å². The van der Waals surface area contributed by atoms with Gasteiger partial charge in [0.15, 0.2) is 0 Å². The molecule has 152 valence electrons. The Morgan fingerprint density at radius 3 is 2.66 bits per heavy atom. The topological polar surface area (TPSA) is 79.5 Å². The first kappa shape index (κ1) is 19.8. The number of aromatic nitrogens is 1. The SMILES string of the molecule is Cc1ccc2cc(CN(CC3CCCO3)S(=O)(=O)c3ccccc3)c(=O)[nH]c2c1. The number of nitrogens with zero attached hydrogens (tertiary/aromatic N) is 1. The second-order valence-corrected chi connectivity index (χ2v) is 9.40. The molecular weight excluding hydrogens is 388 g/mol. The normalized spacial score (nSPS) is 17.2. The summed E-state index contributed by atoms with van der Waals surface area (Å²) in [6.45, 7) is 2.82. The fourth-order valence-corrected chi connectivity index (χ4v) is 5.14. The van der Waals surface area contributed by atoms with Gasteiger partial charge in [-0.2, -0.15) is 4.31 Å². The second-order valence-electron chi connectivity index (χ2n) is 7.46. The Morgan fingerprint density at radius 1 is 1.14 bits per heavy atom. The third-order valence-electron chi connectivity index (χ3n) is 5.24. The Morgan fingerprint density at radius 2 is 1.93 bits per heavy atom. The molecule has 1 atom stereocenters. The molecule has 0 bridgehead atoms. The summed E-state index contributed by atoms with van der Waals surface area (Å²) in [6, 6.07) is 15.9. The van der Waals surface area contributed by atoms with Crippen molar-refractivity contribution in [3.05, 3.63) is 76.1 Å². The lowest BCUT2D eigenvalue weighted by molar-refractivity contribution is 0.0925. The van der Waals surface area contributed by atoms with Crippen LogP contribution >= 0.6 is 0 Å². The van der Waals surface area contributed by atoms with E-state index in [1.807, 2.05) is 25.1 Å². The average molecular weight is 413 g/mol. The molecule has 1 saturated heterocycles. The summed E-state index contributed by atoms with van der Waals surface area (Å²) in [5.74, 6) is 0. The van der Waals surface area contributed by atoms with Crippen LogP contribution in [0.15, 0.2) is 64.3 Å². The number of ether oxygens (including phenoxy) is 1. The highest BCUT2D eigenvalue weighted by molar-refractivity contribution is 7.89. The summed E-state index contributed by atoms with van der Waals surface area (Å²) in [7, 11) is -3.76. The summed E-state index contributed by atoms with van der Waals surface area (Å²) in [4.78, 5) is 15.8. The number of nitrogens with one attached hydrogen (secondary N) is 1. The molecular formula is C22H24N2O4S. The number of hydrogen-bond acceptors (Lipinski definition) is 4. The summed E-state index contributed by atoms with van der Waals surface area (Å²) in [5.41, 5.74) is 1.94. The van der Waals surface area contributed by atoms with E-state index >= 15 is 0 Å². The van der Waals surface area contributed by atoms with Crippen LogP contribution in [0.1, 0.15) is 24.0 Å². The Bertz CT molecular complexity index is 1170. The van der Waals surface area contributed by atoms with Gasteiger partial charge in [0.2, 0.25) is 10.0 Å². The Hall–Kier alpha value is -2.48. The van der Waals surface area contributed by atoms with Crippen LogP contribution < -0.4 is 5.56 Å². The Labute approximate surface area is 170 Å². The molecule has 1 aromatic heterocycles. The van der Waals surface area contributed by atoms with Crippen LogP contribution in [0.2, 0.25) is 0 Å². The lowest BCUT2D eigenvalue weighted by Crippen LogP contribution is -2.38. The van der Waals surface area contributed by atoms with Crippen molar-refractivity contribution < 1.29 is 13.2 Å². The summed E-state index contributed by atoms with van der Waals surface area (Å²) in [6.07, 6.45) is 1.57. The van der Waals surface area contributed by atoms with Gasteiger partial charge in [-0.3, -0.25) is 4.79 Å². The molecule has 0 amide bonds. The number of benzene rings is 2. The minimum absolute atomic E-state index is 0.00373. The van der Waals surface area contributed by atoms with Gasteiger partial charge in [0.05, 0.1) is 11.0 Å². The first-order chi connectivity index (χ1) is 13.9. The predicted octanol–water partition coefficient (Wildman–Crippen LogP) is 3.21. The zero-order valence-corrected chi connectivity index (χ0v) is 17.1. The molecule has 1 aliphatic heterocycles. The summed E-state index contributed by atoms with van der Waals surface area (Å²) in [5, 5.41) is 0.874. The molecule has 6 nitrogen and oxygen atoms in total. The van der Waals surface area contributed by atoms with Crippen molar-refractivity contribution in [2.24, 2.45) is 0 Å². The Kier molecular flexibility index (Phi) is 5.54. The van der Waals surface area contributed by atoms with E-state index in [1.54, 1.807) is 36.4 Å². The van der Waals surface area contributed by atoms with Gasteiger partial charge >= 0.3 is 0 Å². The minimum Gasteiger partial charge on any atom is -0.377 e. The van der Waals surface area contributed by atoms with E-state index in [2.05, 4.69) is 4.98 Å². The van der Waals surface area contributed by atoms with Crippen LogP contribution in [-0.4, -0.2) is 37.0 Å². The number of aromatic amines is 1. The van der Waals surface area contributed by atoms with E-state index in [0.29, 0.717) is 12.2 Å². The first-order valence-electron chi connectivity index (χ1n) is 9.73. The van der Waals surface area contributed by atoms with E-state index in [4.69, 9.17) is 4.74 Å². The van der Waals surface area contributed by atoms with Crippen molar-refractivity contribution >= 4 is 20.9 Å². The molecule has 1 aliphatic rings. The zero-order valence-electron chi connectivity index (χ0n) is 16.3. The summed E-state index contributed by atoms with van der Waals surface area (Å²) < 4.78 is 33.6. The highest BCUT2D eigenvalue weighted by Gasteiger charge is 2.29. The van der Waals surface area contributed by atoms with Gasteiger partial charge < -0.3 is 9.72 Å². The highest BCUT2D eigenvalue weighted by atomic mass is 32.2. The molecule has 3 aromatic rings. The predicted molar refractivity (Wildman–Crippen MR) is 112 cm³/mol. The number of aryl methyl sites for hydroxylation is 1. The molecule has 0 radical (unpaired) electrons. The molecule has 7 heteroatoms. The average Bonchev–Trinajstić information content (AvgIpc) is 3.22. The van der Waals surface area contributed by atoms with Gasteiger partial charge in [0, 0.05) is 30.8 Å². The lowest BCUT2D eigenvalue weighted by atomic mass is 10.1. The van der Waals surface area contributed by atoms with Crippen LogP contribution in [0, 0.1) is 6.92 Å². The fraction of sp³-hybridized carbons (Fsp3) is 0.318. The van der Waals surface area contributed by atoms with Crippen LogP contribution in [0.25, 0.3) is 10.9 Å². The third-order valence-corrected chi connectivity index (χ3v) is 7.06. The van der Waals surface area contributed by atoms with E-state index in [0.717, 1.165) is 29.3 Å². The van der Waals surface area contributed by atoms with E-state index in [-0.39, 0.29) is 29.6 Å². The molecule has 1 N–H and O–H groups in total. The van der Waals surface area contributed by atoms with Crippen molar-refractivity contribution in [2.75, 3.05) is 13.2 Å². The number of hydrogen-bond donors (Lipinski definition) is 1.